The molecule has 12 heteroatoms. The van der Waals surface area contributed by atoms with Crippen LogP contribution < -0.4 is 22.3 Å². The molecule has 30 heavy (non-hydrogen) atoms. The van der Waals surface area contributed by atoms with Crippen LogP contribution in [0.1, 0.15) is 43.3 Å². The second kappa shape index (κ2) is 9.02. The molecular formula is C18H27N7O5. The normalized spacial score (nSPS) is 23.4. The SMILES string of the molecule is CCC(C)C(NN)C(=O)Nc1ncnc2c1c(C(N)=O)cn2C1C[C@@H](O)C(CO)O1. The molecule has 1 aliphatic heterocycles. The highest BCUT2D eigenvalue weighted by Gasteiger charge is 2.36. The number of hydrazine groups is 1. The molecule has 2 amide bonds. The minimum absolute atomic E-state index is 0.0451. The van der Waals surface area contributed by atoms with E-state index in [2.05, 4.69) is 20.7 Å². The smallest absolute Gasteiger partial charge is 0.251 e. The average Bonchev–Trinajstić information content (AvgIpc) is 3.29. The first-order chi connectivity index (χ1) is 14.3. The zero-order valence-electron chi connectivity index (χ0n) is 16.8. The largest absolute Gasteiger partial charge is 0.394 e. The zero-order chi connectivity index (χ0) is 22.0. The Morgan fingerprint density at radius 2 is 2.17 bits per heavy atom. The van der Waals surface area contributed by atoms with Gasteiger partial charge < -0.3 is 30.6 Å². The number of amides is 2. The first kappa shape index (κ1) is 22.1. The Bertz CT molecular complexity index is 933. The highest BCUT2D eigenvalue weighted by molar-refractivity contribution is 6.11. The quantitative estimate of drug-likeness (QED) is 0.229. The van der Waals surface area contributed by atoms with Crippen molar-refractivity contribution in [1.29, 1.82) is 0 Å². The van der Waals surface area contributed by atoms with Crippen molar-refractivity contribution < 1.29 is 24.5 Å². The Balaban J connectivity index is 2.02. The van der Waals surface area contributed by atoms with Crippen LogP contribution in [0.3, 0.4) is 0 Å². The molecule has 0 bridgehead atoms. The molecule has 0 spiro atoms. The minimum atomic E-state index is -0.873. The molecule has 4 unspecified atom stereocenters. The number of anilines is 1. The van der Waals surface area contributed by atoms with Gasteiger partial charge in [0.05, 0.1) is 23.7 Å². The molecule has 2 aromatic heterocycles. The lowest BCUT2D eigenvalue weighted by molar-refractivity contribution is -0.119. The van der Waals surface area contributed by atoms with E-state index in [0.29, 0.717) is 5.65 Å². The van der Waals surface area contributed by atoms with Crippen molar-refractivity contribution in [2.45, 2.75) is 51.2 Å². The van der Waals surface area contributed by atoms with Crippen LogP contribution in [0.4, 0.5) is 5.82 Å². The molecule has 5 atom stereocenters. The molecule has 1 saturated heterocycles. The Labute approximate surface area is 172 Å². The van der Waals surface area contributed by atoms with E-state index in [0.717, 1.165) is 6.42 Å². The molecule has 3 heterocycles. The van der Waals surface area contributed by atoms with Crippen molar-refractivity contribution in [3.8, 4) is 0 Å². The topological polar surface area (TPSA) is 191 Å². The molecule has 1 fully saturated rings. The number of nitrogens with two attached hydrogens (primary N) is 2. The van der Waals surface area contributed by atoms with Crippen molar-refractivity contribution >= 4 is 28.7 Å². The second-order valence-corrected chi connectivity index (χ2v) is 7.37. The van der Waals surface area contributed by atoms with Gasteiger partial charge >= 0.3 is 0 Å². The molecule has 0 aromatic carbocycles. The number of rotatable bonds is 8. The van der Waals surface area contributed by atoms with Crippen LogP contribution in [0.15, 0.2) is 12.5 Å². The highest BCUT2D eigenvalue weighted by Crippen LogP contribution is 2.34. The van der Waals surface area contributed by atoms with Gasteiger partial charge in [-0.05, 0) is 5.92 Å². The van der Waals surface area contributed by atoms with Gasteiger partial charge in [0, 0.05) is 12.6 Å². The number of fused-ring (bicyclic) bond motifs is 1. The third kappa shape index (κ3) is 4.00. The molecule has 0 aliphatic carbocycles. The van der Waals surface area contributed by atoms with Gasteiger partial charge in [0.2, 0.25) is 5.91 Å². The van der Waals surface area contributed by atoms with E-state index >= 15 is 0 Å². The van der Waals surface area contributed by atoms with Gasteiger partial charge in [-0.2, -0.15) is 0 Å². The summed E-state index contributed by atoms with van der Waals surface area (Å²) in [5.74, 6) is 4.45. The minimum Gasteiger partial charge on any atom is -0.394 e. The summed E-state index contributed by atoms with van der Waals surface area (Å²) in [6.07, 6.45) is 1.29. The number of aliphatic hydroxyl groups excluding tert-OH is 2. The summed E-state index contributed by atoms with van der Waals surface area (Å²) in [5.41, 5.74) is 8.43. The number of carbonyl (C=O) groups excluding carboxylic acids is 2. The Morgan fingerprint density at radius 1 is 1.43 bits per heavy atom. The highest BCUT2D eigenvalue weighted by atomic mass is 16.5. The van der Waals surface area contributed by atoms with E-state index in [1.807, 2.05) is 13.8 Å². The fraction of sp³-hybridized carbons (Fsp3) is 0.556. The monoisotopic (exact) mass is 421 g/mol. The predicted octanol–water partition coefficient (Wildman–Crippen LogP) is -1.01. The van der Waals surface area contributed by atoms with Crippen molar-refractivity contribution in [1.82, 2.24) is 20.0 Å². The summed E-state index contributed by atoms with van der Waals surface area (Å²) < 4.78 is 7.21. The molecule has 12 nitrogen and oxygen atoms in total. The van der Waals surface area contributed by atoms with E-state index in [4.69, 9.17) is 16.3 Å². The van der Waals surface area contributed by atoms with Gasteiger partial charge in [-0.25, -0.2) is 15.4 Å². The van der Waals surface area contributed by atoms with Gasteiger partial charge in [-0.3, -0.25) is 15.4 Å². The molecule has 2 aromatic rings. The van der Waals surface area contributed by atoms with E-state index in [9.17, 15) is 19.8 Å². The van der Waals surface area contributed by atoms with Gasteiger partial charge in [0.15, 0.2) is 0 Å². The molecule has 0 saturated carbocycles. The number of aromatic nitrogens is 3. The molecular weight excluding hydrogens is 394 g/mol. The second-order valence-electron chi connectivity index (χ2n) is 7.37. The summed E-state index contributed by atoms with van der Waals surface area (Å²) >= 11 is 0. The van der Waals surface area contributed by atoms with Gasteiger partial charge in [0.1, 0.15) is 36.2 Å². The van der Waals surface area contributed by atoms with E-state index in [-0.39, 0.29) is 35.7 Å². The number of carbonyl (C=O) groups is 2. The Kier molecular flexibility index (Phi) is 6.63. The number of hydrogen-bond donors (Lipinski definition) is 6. The molecule has 1 aliphatic rings. The third-order valence-corrected chi connectivity index (χ3v) is 5.49. The first-order valence-corrected chi connectivity index (χ1v) is 9.69. The van der Waals surface area contributed by atoms with Crippen LogP contribution in [0, 0.1) is 5.92 Å². The lowest BCUT2D eigenvalue weighted by Gasteiger charge is -2.21. The number of hydrogen-bond acceptors (Lipinski definition) is 9. The van der Waals surface area contributed by atoms with Gasteiger partial charge in [0.25, 0.3) is 5.91 Å². The Morgan fingerprint density at radius 3 is 2.73 bits per heavy atom. The van der Waals surface area contributed by atoms with Crippen LogP contribution in [0.25, 0.3) is 11.0 Å². The van der Waals surface area contributed by atoms with Crippen molar-refractivity contribution in [2.75, 3.05) is 11.9 Å². The van der Waals surface area contributed by atoms with E-state index in [1.165, 1.54) is 12.5 Å². The number of nitrogens with one attached hydrogen (secondary N) is 2. The summed E-state index contributed by atoms with van der Waals surface area (Å²) in [7, 11) is 0. The fourth-order valence-electron chi connectivity index (χ4n) is 3.56. The molecule has 3 rings (SSSR count). The maximum absolute atomic E-state index is 12.7. The summed E-state index contributed by atoms with van der Waals surface area (Å²) in [6.45, 7) is 3.47. The summed E-state index contributed by atoms with van der Waals surface area (Å²) in [4.78, 5) is 33.2. The molecule has 164 valence electrons. The number of nitrogens with zero attached hydrogens (tertiary/aromatic N) is 3. The predicted molar refractivity (Wildman–Crippen MR) is 107 cm³/mol. The fourth-order valence-corrected chi connectivity index (χ4v) is 3.56. The molecule has 8 N–H and O–H groups in total. The Hall–Kier alpha value is -2.64. The van der Waals surface area contributed by atoms with E-state index < -0.39 is 36.3 Å². The number of ether oxygens (including phenoxy) is 1. The number of aliphatic hydroxyl groups is 2. The van der Waals surface area contributed by atoms with Crippen LogP contribution in [0.5, 0.6) is 0 Å². The maximum atomic E-state index is 12.7. The maximum Gasteiger partial charge on any atom is 0.251 e. The standard InChI is InChI=1S/C18H27N7O5/c1-3-8(2)14(24-20)18(29)23-16-13-9(15(19)28)5-25(17(13)22-7-21-16)12-4-10(27)11(6-26)30-12/h5,7-8,10-12,14,24,26-27H,3-4,6,20H2,1-2H3,(H2,19,28)(H,21,22,23,29)/t8?,10-,11?,12?,14?/m1/s1. The summed E-state index contributed by atoms with van der Waals surface area (Å²) in [5, 5.41) is 22.3. The summed E-state index contributed by atoms with van der Waals surface area (Å²) in [6, 6.07) is -0.669. The van der Waals surface area contributed by atoms with E-state index in [1.54, 1.807) is 4.57 Å². The lowest BCUT2D eigenvalue weighted by atomic mass is 9.99. The molecule has 0 radical (unpaired) electrons. The van der Waals surface area contributed by atoms with Crippen LogP contribution in [-0.4, -0.2) is 61.4 Å². The van der Waals surface area contributed by atoms with Crippen LogP contribution >= 0.6 is 0 Å². The van der Waals surface area contributed by atoms with Crippen molar-refractivity contribution in [2.24, 2.45) is 17.5 Å². The van der Waals surface area contributed by atoms with Gasteiger partial charge in [-0.15, -0.1) is 0 Å². The third-order valence-electron chi connectivity index (χ3n) is 5.49. The van der Waals surface area contributed by atoms with Crippen molar-refractivity contribution in [3.05, 3.63) is 18.1 Å². The first-order valence-electron chi connectivity index (χ1n) is 9.69. The zero-order valence-corrected chi connectivity index (χ0v) is 16.8. The van der Waals surface area contributed by atoms with Crippen LogP contribution in [0.2, 0.25) is 0 Å². The van der Waals surface area contributed by atoms with Gasteiger partial charge in [-0.1, -0.05) is 20.3 Å². The lowest BCUT2D eigenvalue weighted by Crippen LogP contribution is -2.48. The number of primary amides is 1. The average molecular weight is 421 g/mol. The van der Waals surface area contributed by atoms with Crippen molar-refractivity contribution in [3.63, 3.8) is 0 Å². The van der Waals surface area contributed by atoms with Crippen LogP contribution in [-0.2, 0) is 9.53 Å².